The Morgan fingerprint density at radius 1 is 1.15 bits per heavy atom. The van der Waals surface area contributed by atoms with Crippen LogP contribution in [0.15, 0.2) is 12.1 Å². The second kappa shape index (κ2) is 7.68. The van der Waals surface area contributed by atoms with Gasteiger partial charge in [0.1, 0.15) is 5.82 Å². The molecule has 2 aromatic rings. The molecule has 1 N–H and O–H groups in total. The molecule has 1 fully saturated rings. The summed E-state index contributed by atoms with van der Waals surface area (Å²) in [5.41, 5.74) is 3.24. The van der Waals surface area contributed by atoms with E-state index in [9.17, 15) is 0 Å². The monoisotopic (exact) mass is 357 g/mol. The molecule has 0 bridgehead atoms. The van der Waals surface area contributed by atoms with E-state index < -0.39 is 0 Å². The van der Waals surface area contributed by atoms with E-state index in [2.05, 4.69) is 10.2 Å². The van der Waals surface area contributed by atoms with Gasteiger partial charge in [-0.15, -0.1) is 0 Å². The molecule has 1 aromatic carbocycles. The first kappa shape index (κ1) is 17.4. The number of fused-ring (bicyclic) bond motifs is 3. The zero-order chi connectivity index (χ0) is 17.9. The van der Waals surface area contributed by atoms with Gasteiger partial charge in [-0.3, -0.25) is 0 Å². The molecule has 6 nitrogen and oxygen atoms in total. The van der Waals surface area contributed by atoms with Crippen molar-refractivity contribution in [3.8, 4) is 11.5 Å². The molecular weight excluding hydrogens is 330 g/mol. The molecule has 1 saturated heterocycles. The Bertz CT molecular complexity index is 788. The van der Waals surface area contributed by atoms with Crippen LogP contribution in [0, 0.1) is 0 Å². The van der Waals surface area contributed by atoms with Crippen LogP contribution in [0.2, 0.25) is 0 Å². The van der Waals surface area contributed by atoms with Crippen molar-refractivity contribution >= 4 is 16.7 Å². The first-order valence-corrected chi connectivity index (χ1v) is 9.44. The van der Waals surface area contributed by atoms with Gasteiger partial charge in [0.2, 0.25) is 0 Å². The molecule has 1 aromatic heterocycles. The van der Waals surface area contributed by atoms with Crippen LogP contribution in [0.4, 0.5) is 5.82 Å². The molecule has 6 heteroatoms. The van der Waals surface area contributed by atoms with Crippen LogP contribution in [-0.4, -0.2) is 50.3 Å². The average Bonchev–Trinajstić information content (AvgIpc) is 3.35. The number of nitrogens with one attached hydrogen (secondary N) is 1. The third kappa shape index (κ3) is 3.31. The van der Waals surface area contributed by atoms with E-state index in [-0.39, 0.29) is 0 Å². The highest BCUT2D eigenvalue weighted by molar-refractivity contribution is 5.89. The lowest BCUT2D eigenvalue weighted by Gasteiger charge is -2.16. The second-order valence-electron chi connectivity index (χ2n) is 6.93. The smallest absolute Gasteiger partial charge is 0.163 e. The number of benzene rings is 1. The highest BCUT2D eigenvalue weighted by atomic mass is 16.5. The van der Waals surface area contributed by atoms with E-state index in [1.807, 2.05) is 19.2 Å². The Morgan fingerprint density at radius 3 is 2.73 bits per heavy atom. The minimum absolute atomic E-state index is 0.603. The molecule has 140 valence electrons. The van der Waals surface area contributed by atoms with Crippen molar-refractivity contribution in [3.63, 3.8) is 0 Å². The first-order chi connectivity index (χ1) is 12.8. The molecule has 26 heavy (non-hydrogen) atoms. The summed E-state index contributed by atoms with van der Waals surface area (Å²) in [6.07, 6.45) is 3.67. The Hall–Kier alpha value is -2.05. The molecule has 3 heterocycles. The van der Waals surface area contributed by atoms with Gasteiger partial charge in [0, 0.05) is 30.6 Å². The van der Waals surface area contributed by atoms with Crippen LogP contribution in [0.5, 0.6) is 11.5 Å². The number of nitrogens with zero attached hydrogens (tertiary/aromatic N) is 2. The predicted molar refractivity (Wildman–Crippen MR) is 102 cm³/mol. The molecule has 0 spiro atoms. The highest BCUT2D eigenvalue weighted by Crippen LogP contribution is 2.38. The summed E-state index contributed by atoms with van der Waals surface area (Å²) in [5, 5.41) is 4.26. The van der Waals surface area contributed by atoms with Crippen LogP contribution in [-0.2, 0) is 18.0 Å². The molecule has 0 atom stereocenters. The molecule has 4 rings (SSSR count). The second-order valence-corrected chi connectivity index (χ2v) is 6.93. The minimum atomic E-state index is 0.603. The normalized spacial score (nSPS) is 16.8. The van der Waals surface area contributed by atoms with Gasteiger partial charge >= 0.3 is 0 Å². The quantitative estimate of drug-likeness (QED) is 0.768. The summed E-state index contributed by atoms with van der Waals surface area (Å²) in [6.45, 7) is 5.45. The van der Waals surface area contributed by atoms with Crippen molar-refractivity contribution in [3.05, 3.63) is 23.3 Å². The van der Waals surface area contributed by atoms with Gasteiger partial charge in [-0.25, -0.2) is 4.98 Å². The average molecular weight is 357 g/mol. The number of methoxy groups -OCH3 is 1. The number of rotatable bonds is 7. The lowest BCUT2D eigenvalue weighted by molar-refractivity contribution is 0.135. The van der Waals surface area contributed by atoms with E-state index in [4.69, 9.17) is 19.2 Å². The third-order valence-electron chi connectivity index (χ3n) is 5.29. The first-order valence-electron chi connectivity index (χ1n) is 9.44. The zero-order valence-corrected chi connectivity index (χ0v) is 15.6. The molecule has 0 aliphatic carbocycles. The van der Waals surface area contributed by atoms with Crippen LogP contribution in [0.3, 0.4) is 0 Å². The maximum atomic E-state index is 6.05. The molecule has 0 unspecified atom stereocenters. The van der Waals surface area contributed by atoms with Crippen molar-refractivity contribution in [1.29, 1.82) is 0 Å². The lowest BCUT2D eigenvalue weighted by Crippen LogP contribution is -2.21. The summed E-state index contributed by atoms with van der Waals surface area (Å²) in [4.78, 5) is 7.26. The maximum absolute atomic E-state index is 6.05. The van der Waals surface area contributed by atoms with Gasteiger partial charge in [0.05, 0.1) is 32.4 Å². The molecule has 0 saturated carbocycles. The highest BCUT2D eigenvalue weighted by Gasteiger charge is 2.21. The number of aromatic nitrogens is 1. The van der Waals surface area contributed by atoms with Gasteiger partial charge < -0.3 is 24.4 Å². The fraction of sp³-hybridized carbons (Fsp3) is 0.550. The topological polar surface area (TPSA) is 55.9 Å². The lowest BCUT2D eigenvalue weighted by atomic mass is 10.0. The maximum Gasteiger partial charge on any atom is 0.163 e. The van der Waals surface area contributed by atoms with Crippen molar-refractivity contribution in [1.82, 2.24) is 9.88 Å². The van der Waals surface area contributed by atoms with Gasteiger partial charge in [-0.05, 0) is 44.0 Å². The van der Waals surface area contributed by atoms with Crippen LogP contribution < -0.4 is 14.8 Å². The van der Waals surface area contributed by atoms with E-state index >= 15 is 0 Å². The fourth-order valence-electron chi connectivity index (χ4n) is 3.91. The summed E-state index contributed by atoms with van der Waals surface area (Å²) in [7, 11) is 3.58. The number of hydrogen-bond donors (Lipinski definition) is 1. The van der Waals surface area contributed by atoms with Crippen LogP contribution >= 0.6 is 0 Å². The Kier molecular flexibility index (Phi) is 5.13. The van der Waals surface area contributed by atoms with E-state index in [0.717, 1.165) is 46.7 Å². The van der Waals surface area contributed by atoms with Crippen LogP contribution in [0.25, 0.3) is 10.9 Å². The summed E-state index contributed by atoms with van der Waals surface area (Å²) in [5.74, 6) is 2.40. The van der Waals surface area contributed by atoms with Crippen molar-refractivity contribution < 1.29 is 14.2 Å². The minimum Gasteiger partial charge on any atom is -0.493 e. The molecule has 2 aliphatic rings. The van der Waals surface area contributed by atoms with E-state index in [0.29, 0.717) is 19.8 Å². The number of hydrogen-bond acceptors (Lipinski definition) is 6. The van der Waals surface area contributed by atoms with E-state index in [1.165, 1.54) is 31.5 Å². The van der Waals surface area contributed by atoms with Gasteiger partial charge in [-0.2, -0.15) is 0 Å². The number of pyridine rings is 1. The largest absolute Gasteiger partial charge is 0.493 e. The Balaban J connectivity index is 1.55. The van der Waals surface area contributed by atoms with Crippen molar-refractivity contribution in [2.24, 2.45) is 0 Å². The standard InChI is InChI=1S/C20H27N3O3/c1-21-20-16-13-25-12-15(16)14-10-18(24-2)19(11-17(14)22-20)26-9-5-8-23-6-3-4-7-23/h10-11H,3-9,12-13H2,1-2H3,(H,21,22). The summed E-state index contributed by atoms with van der Waals surface area (Å²) < 4.78 is 17.3. The molecule has 0 amide bonds. The van der Waals surface area contributed by atoms with E-state index in [1.54, 1.807) is 7.11 Å². The summed E-state index contributed by atoms with van der Waals surface area (Å²) >= 11 is 0. The molecular formula is C20H27N3O3. The predicted octanol–water partition coefficient (Wildman–Crippen LogP) is 3.18. The Labute approximate surface area is 154 Å². The zero-order valence-electron chi connectivity index (χ0n) is 15.6. The number of ether oxygens (including phenoxy) is 3. The SMILES string of the molecule is CNc1nc2cc(OCCCN3CCCC3)c(OC)cc2c2c1COC2. The van der Waals surface area contributed by atoms with Crippen LogP contribution in [0.1, 0.15) is 30.4 Å². The number of likely N-dealkylation sites (tertiary alicyclic amines) is 1. The van der Waals surface area contributed by atoms with Gasteiger partial charge in [-0.1, -0.05) is 0 Å². The molecule has 2 aliphatic heterocycles. The number of anilines is 1. The fourth-order valence-corrected chi connectivity index (χ4v) is 3.91. The molecule has 0 radical (unpaired) electrons. The summed E-state index contributed by atoms with van der Waals surface area (Å²) in [6, 6.07) is 4.02. The Morgan fingerprint density at radius 2 is 1.96 bits per heavy atom. The van der Waals surface area contributed by atoms with Gasteiger partial charge in [0.15, 0.2) is 11.5 Å². The van der Waals surface area contributed by atoms with Crippen molar-refractivity contribution in [2.45, 2.75) is 32.5 Å². The third-order valence-corrected chi connectivity index (χ3v) is 5.29. The van der Waals surface area contributed by atoms with Gasteiger partial charge in [0.25, 0.3) is 0 Å². The van der Waals surface area contributed by atoms with Crippen molar-refractivity contribution in [2.75, 3.05) is 45.7 Å².